The van der Waals surface area contributed by atoms with Gasteiger partial charge in [-0.05, 0) is 37.1 Å². The third kappa shape index (κ3) is 4.02. The van der Waals surface area contributed by atoms with Crippen LogP contribution in [0.3, 0.4) is 0 Å². The van der Waals surface area contributed by atoms with E-state index >= 15 is 0 Å². The molecule has 0 radical (unpaired) electrons. The van der Waals surface area contributed by atoms with Gasteiger partial charge in [0.25, 0.3) is 11.7 Å². The maximum absolute atomic E-state index is 13.1. The first-order valence-electron chi connectivity index (χ1n) is 10.8. The Labute approximate surface area is 182 Å². The number of nitrogens with zero attached hydrogens (tertiary/aromatic N) is 1. The highest BCUT2D eigenvalue weighted by atomic mass is 16.6. The summed E-state index contributed by atoms with van der Waals surface area (Å²) in [5.74, 6) is -0.311. The minimum Gasteiger partial charge on any atom is -0.507 e. The van der Waals surface area contributed by atoms with Gasteiger partial charge in [0.05, 0.1) is 11.6 Å². The van der Waals surface area contributed by atoms with E-state index in [1.165, 1.54) is 0 Å². The minimum absolute atomic E-state index is 0.115. The molecule has 1 fully saturated rings. The number of amides is 1. The number of Topliss-reactive ketones (excluding diaryl/α,β-unsaturated/α-hetero) is 1. The van der Waals surface area contributed by atoms with Crippen LogP contribution in [0, 0.1) is 6.92 Å². The van der Waals surface area contributed by atoms with Gasteiger partial charge in [0.15, 0.2) is 11.5 Å². The van der Waals surface area contributed by atoms with E-state index < -0.39 is 17.7 Å². The first-order chi connectivity index (χ1) is 15.0. The van der Waals surface area contributed by atoms with E-state index in [4.69, 9.17) is 9.47 Å². The molecule has 162 valence electrons. The van der Waals surface area contributed by atoms with E-state index in [0.717, 1.165) is 30.4 Å². The number of benzene rings is 2. The fraction of sp³-hybridized carbons (Fsp3) is 0.360. The van der Waals surface area contributed by atoms with Gasteiger partial charge in [0, 0.05) is 12.1 Å². The molecule has 31 heavy (non-hydrogen) atoms. The molecule has 1 unspecified atom stereocenters. The van der Waals surface area contributed by atoms with Gasteiger partial charge >= 0.3 is 0 Å². The maximum atomic E-state index is 13.1. The number of hydrogen-bond donors (Lipinski definition) is 1. The van der Waals surface area contributed by atoms with E-state index in [9.17, 15) is 14.7 Å². The SMILES string of the molecule is CCCCCN1C(=O)C(=O)/C(=C(\O)c2ccc3c(c2)OCCO3)C1c1cccc(C)c1. The lowest BCUT2D eigenvalue weighted by Gasteiger charge is -2.25. The molecule has 0 aliphatic carbocycles. The molecule has 1 amide bonds. The second kappa shape index (κ2) is 8.84. The number of unbranched alkanes of at least 4 members (excludes halogenated alkanes) is 2. The molecule has 0 bridgehead atoms. The normalized spacial score (nSPS) is 19.7. The van der Waals surface area contributed by atoms with Gasteiger partial charge in [0.2, 0.25) is 0 Å². The highest BCUT2D eigenvalue weighted by molar-refractivity contribution is 6.46. The topological polar surface area (TPSA) is 76.1 Å². The molecular formula is C25H27NO5. The summed E-state index contributed by atoms with van der Waals surface area (Å²) in [4.78, 5) is 27.6. The van der Waals surface area contributed by atoms with Crippen molar-refractivity contribution in [1.29, 1.82) is 0 Å². The lowest BCUT2D eigenvalue weighted by Crippen LogP contribution is -2.30. The van der Waals surface area contributed by atoms with Crippen molar-refractivity contribution in [3.05, 3.63) is 64.7 Å². The van der Waals surface area contributed by atoms with Gasteiger partial charge in [0.1, 0.15) is 19.0 Å². The Morgan fingerprint density at radius 3 is 2.58 bits per heavy atom. The van der Waals surface area contributed by atoms with Crippen LogP contribution < -0.4 is 9.47 Å². The predicted molar refractivity (Wildman–Crippen MR) is 117 cm³/mol. The van der Waals surface area contributed by atoms with Crippen LogP contribution in [0.5, 0.6) is 11.5 Å². The lowest BCUT2D eigenvalue weighted by molar-refractivity contribution is -0.139. The smallest absolute Gasteiger partial charge is 0.295 e. The van der Waals surface area contributed by atoms with E-state index in [0.29, 0.717) is 36.8 Å². The van der Waals surface area contributed by atoms with Crippen molar-refractivity contribution in [3.8, 4) is 11.5 Å². The fourth-order valence-electron chi connectivity index (χ4n) is 4.18. The van der Waals surface area contributed by atoms with Gasteiger partial charge in [-0.3, -0.25) is 9.59 Å². The second-order valence-electron chi connectivity index (χ2n) is 7.97. The standard InChI is InChI=1S/C25H27NO5/c1-3-4-5-11-26-22(17-8-6-7-16(2)14-17)21(24(28)25(26)29)23(27)18-9-10-19-20(15-18)31-13-12-30-19/h6-10,14-15,22,27H,3-5,11-13H2,1-2H3/b23-21-. The van der Waals surface area contributed by atoms with E-state index in [1.807, 2.05) is 31.2 Å². The van der Waals surface area contributed by atoms with Crippen molar-refractivity contribution >= 4 is 17.4 Å². The van der Waals surface area contributed by atoms with Gasteiger partial charge in [-0.15, -0.1) is 0 Å². The van der Waals surface area contributed by atoms with Crippen molar-refractivity contribution in [3.63, 3.8) is 0 Å². The number of carbonyl (C=O) groups is 2. The Balaban J connectivity index is 1.81. The van der Waals surface area contributed by atoms with E-state index in [2.05, 4.69) is 6.92 Å². The molecule has 2 aliphatic heterocycles. The Bertz CT molecular complexity index is 1040. The Hall–Kier alpha value is -3.28. The Morgan fingerprint density at radius 2 is 1.84 bits per heavy atom. The van der Waals surface area contributed by atoms with Crippen molar-refractivity contribution in [2.75, 3.05) is 19.8 Å². The molecule has 2 heterocycles. The predicted octanol–water partition coefficient (Wildman–Crippen LogP) is 4.38. The third-order valence-electron chi connectivity index (χ3n) is 5.72. The molecule has 1 saturated heterocycles. The zero-order valence-corrected chi connectivity index (χ0v) is 17.9. The minimum atomic E-state index is -0.657. The first kappa shape index (κ1) is 21.0. The number of aryl methyl sites for hydroxylation is 1. The van der Waals surface area contributed by atoms with Gasteiger partial charge < -0.3 is 19.5 Å². The van der Waals surface area contributed by atoms with Crippen LogP contribution in [0.25, 0.3) is 5.76 Å². The number of aliphatic hydroxyl groups is 1. The zero-order valence-electron chi connectivity index (χ0n) is 17.9. The Kier molecular flexibility index (Phi) is 5.98. The Morgan fingerprint density at radius 1 is 1.06 bits per heavy atom. The molecule has 1 atom stereocenters. The van der Waals surface area contributed by atoms with Crippen molar-refractivity contribution in [1.82, 2.24) is 4.90 Å². The monoisotopic (exact) mass is 421 g/mol. The quantitative estimate of drug-likeness (QED) is 0.324. The molecule has 2 aliphatic rings. The first-order valence-corrected chi connectivity index (χ1v) is 10.8. The van der Waals surface area contributed by atoms with Gasteiger partial charge in [-0.25, -0.2) is 0 Å². The molecule has 6 nitrogen and oxygen atoms in total. The highest BCUT2D eigenvalue weighted by Crippen LogP contribution is 2.41. The molecule has 2 aromatic rings. The van der Waals surface area contributed by atoms with Crippen molar-refractivity contribution in [2.45, 2.75) is 39.2 Å². The van der Waals surface area contributed by atoms with Crippen LogP contribution in [-0.4, -0.2) is 41.5 Å². The number of fused-ring (bicyclic) bond motifs is 1. The third-order valence-corrected chi connectivity index (χ3v) is 5.72. The lowest BCUT2D eigenvalue weighted by atomic mass is 9.94. The number of likely N-dealkylation sites (tertiary alicyclic amines) is 1. The molecular weight excluding hydrogens is 394 g/mol. The number of aliphatic hydroxyl groups excluding tert-OH is 1. The molecule has 1 N–H and O–H groups in total. The summed E-state index contributed by atoms with van der Waals surface area (Å²) >= 11 is 0. The average Bonchev–Trinajstić information content (AvgIpc) is 3.03. The molecule has 0 aromatic heterocycles. The van der Waals surface area contributed by atoms with Crippen LogP contribution in [0.15, 0.2) is 48.0 Å². The van der Waals surface area contributed by atoms with Crippen LogP contribution >= 0.6 is 0 Å². The average molecular weight is 421 g/mol. The number of ether oxygens (including phenoxy) is 2. The highest BCUT2D eigenvalue weighted by Gasteiger charge is 2.45. The van der Waals surface area contributed by atoms with Gasteiger partial charge in [-0.1, -0.05) is 49.6 Å². The van der Waals surface area contributed by atoms with Crippen LogP contribution in [0.2, 0.25) is 0 Å². The number of rotatable bonds is 6. The molecule has 2 aromatic carbocycles. The molecule has 4 rings (SSSR count). The molecule has 0 spiro atoms. The summed E-state index contributed by atoms with van der Waals surface area (Å²) in [6, 6.07) is 12.2. The number of ketones is 1. The van der Waals surface area contributed by atoms with E-state index in [-0.39, 0.29) is 11.3 Å². The summed E-state index contributed by atoms with van der Waals surface area (Å²) in [5, 5.41) is 11.2. The molecule has 6 heteroatoms. The zero-order chi connectivity index (χ0) is 22.0. The van der Waals surface area contributed by atoms with Crippen LogP contribution in [0.1, 0.15) is 48.9 Å². The fourth-order valence-corrected chi connectivity index (χ4v) is 4.18. The van der Waals surface area contributed by atoms with Crippen molar-refractivity contribution in [2.24, 2.45) is 0 Å². The van der Waals surface area contributed by atoms with Crippen LogP contribution in [-0.2, 0) is 9.59 Å². The van der Waals surface area contributed by atoms with Gasteiger partial charge in [-0.2, -0.15) is 0 Å². The summed E-state index contributed by atoms with van der Waals surface area (Å²) in [6.07, 6.45) is 2.78. The number of hydrogen-bond acceptors (Lipinski definition) is 5. The molecule has 0 saturated carbocycles. The second-order valence-corrected chi connectivity index (χ2v) is 7.97. The van der Waals surface area contributed by atoms with Crippen molar-refractivity contribution < 1.29 is 24.2 Å². The maximum Gasteiger partial charge on any atom is 0.295 e. The largest absolute Gasteiger partial charge is 0.507 e. The summed E-state index contributed by atoms with van der Waals surface area (Å²) in [7, 11) is 0. The van der Waals surface area contributed by atoms with Crippen LogP contribution in [0.4, 0.5) is 0 Å². The summed E-state index contributed by atoms with van der Waals surface area (Å²) in [5.41, 5.74) is 2.38. The number of carbonyl (C=O) groups excluding carboxylic acids is 2. The summed E-state index contributed by atoms with van der Waals surface area (Å²) in [6.45, 7) is 5.41. The van der Waals surface area contributed by atoms with E-state index in [1.54, 1.807) is 23.1 Å². The summed E-state index contributed by atoms with van der Waals surface area (Å²) < 4.78 is 11.2.